The van der Waals surface area contributed by atoms with Crippen LogP contribution in [0.2, 0.25) is 5.02 Å². The van der Waals surface area contributed by atoms with E-state index in [9.17, 15) is 18.0 Å². The van der Waals surface area contributed by atoms with Gasteiger partial charge in [0.25, 0.3) is 5.91 Å². The summed E-state index contributed by atoms with van der Waals surface area (Å²) in [5.41, 5.74) is 2.58. The fourth-order valence-corrected chi connectivity index (χ4v) is 2.96. The average molecular weight is 396 g/mol. The molecule has 1 amide bonds. The van der Waals surface area contributed by atoms with E-state index in [2.05, 4.69) is 5.32 Å². The van der Waals surface area contributed by atoms with Crippen LogP contribution in [-0.2, 0) is 19.4 Å². The van der Waals surface area contributed by atoms with Crippen molar-refractivity contribution in [1.82, 2.24) is 0 Å². The molecule has 0 unspecified atom stereocenters. The second-order valence-corrected chi connectivity index (χ2v) is 8.26. The maximum absolute atomic E-state index is 12.1. The number of aryl methyl sites for hydroxylation is 2. The summed E-state index contributed by atoms with van der Waals surface area (Å²) in [5, 5.41) is 2.66. The zero-order valence-electron chi connectivity index (χ0n) is 14.5. The minimum atomic E-state index is -3.50. The van der Waals surface area contributed by atoms with Gasteiger partial charge in [-0.3, -0.25) is 4.79 Å². The standard InChI is InChI=1S/C18H18ClNO5S/c1-11-4-5-13(8-12(11)2)20-17(21)10-25-18(22)15-9-14(26(3,23)24)6-7-16(15)19/h4-9H,10H2,1-3H3,(H,20,21). The highest BCUT2D eigenvalue weighted by atomic mass is 35.5. The quantitative estimate of drug-likeness (QED) is 0.785. The van der Waals surface area contributed by atoms with Gasteiger partial charge in [0.05, 0.1) is 15.5 Å². The third kappa shape index (κ3) is 5.06. The van der Waals surface area contributed by atoms with E-state index in [0.717, 1.165) is 23.4 Å². The number of anilines is 1. The summed E-state index contributed by atoms with van der Waals surface area (Å²) in [5.74, 6) is -1.40. The molecule has 2 aromatic rings. The van der Waals surface area contributed by atoms with Crippen LogP contribution in [0.4, 0.5) is 5.69 Å². The molecule has 0 fully saturated rings. The van der Waals surface area contributed by atoms with Crippen molar-refractivity contribution in [1.29, 1.82) is 0 Å². The Labute approximate surface area is 157 Å². The van der Waals surface area contributed by atoms with Crippen LogP contribution in [0.3, 0.4) is 0 Å². The molecule has 0 aliphatic carbocycles. The first-order valence-electron chi connectivity index (χ1n) is 7.62. The van der Waals surface area contributed by atoms with Crippen molar-refractivity contribution < 1.29 is 22.7 Å². The highest BCUT2D eigenvalue weighted by Crippen LogP contribution is 2.21. The van der Waals surface area contributed by atoms with Crippen molar-refractivity contribution in [2.45, 2.75) is 18.7 Å². The summed E-state index contributed by atoms with van der Waals surface area (Å²) < 4.78 is 28.1. The van der Waals surface area contributed by atoms with Crippen LogP contribution in [0.25, 0.3) is 0 Å². The van der Waals surface area contributed by atoms with E-state index in [0.29, 0.717) is 5.69 Å². The molecule has 0 saturated carbocycles. The Kier molecular flexibility index (Phi) is 6.05. The summed E-state index contributed by atoms with van der Waals surface area (Å²) in [6.07, 6.45) is 1.02. The van der Waals surface area contributed by atoms with E-state index in [4.69, 9.17) is 16.3 Å². The number of halogens is 1. The molecule has 1 N–H and O–H groups in total. The van der Waals surface area contributed by atoms with E-state index in [-0.39, 0.29) is 15.5 Å². The fraction of sp³-hybridized carbons (Fsp3) is 0.222. The first kappa shape index (κ1) is 19.9. The zero-order chi connectivity index (χ0) is 19.5. The topological polar surface area (TPSA) is 89.5 Å². The van der Waals surface area contributed by atoms with Crippen LogP contribution in [0, 0.1) is 13.8 Å². The summed E-state index contributed by atoms with van der Waals surface area (Å²) in [6, 6.07) is 9.13. The average Bonchev–Trinajstić information content (AvgIpc) is 2.55. The monoisotopic (exact) mass is 395 g/mol. The van der Waals surface area contributed by atoms with Gasteiger partial charge in [-0.15, -0.1) is 0 Å². The largest absolute Gasteiger partial charge is 0.452 e. The molecule has 0 heterocycles. The molecule has 0 spiro atoms. The molecule has 0 atom stereocenters. The Bertz CT molecular complexity index is 970. The molecule has 8 heteroatoms. The van der Waals surface area contributed by atoms with Crippen molar-refractivity contribution in [2.24, 2.45) is 0 Å². The van der Waals surface area contributed by atoms with Gasteiger partial charge >= 0.3 is 5.97 Å². The first-order valence-corrected chi connectivity index (χ1v) is 9.88. The summed E-state index contributed by atoms with van der Waals surface area (Å²) in [6.45, 7) is 3.35. The Hall–Kier alpha value is -2.38. The molecular formula is C18H18ClNO5S. The van der Waals surface area contributed by atoms with E-state index in [1.54, 1.807) is 6.07 Å². The van der Waals surface area contributed by atoms with Crippen LogP contribution in [0.1, 0.15) is 21.5 Å². The molecule has 6 nitrogen and oxygen atoms in total. The minimum absolute atomic E-state index is 0.0389. The lowest BCUT2D eigenvalue weighted by atomic mass is 10.1. The number of esters is 1. The SMILES string of the molecule is Cc1ccc(NC(=O)COC(=O)c2cc(S(C)(=O)=O)ccc2Cl)cc1C. The third-order valence-electron chi connectivity index (χ3n) is 3.71. The van der Waals surface area contributed by atoms with Gasteiger partial charge in [-0.2, -0.15) is 0 Å². The van der Waals surface area contributed by atoms with Gasteiger partial charge in [0.15, 0.2) is 16.4 Å². The van der Waals surface area contributed by atoms with Crippen LogP contribution in [-0.4, -0.2) is 33.2 Å². The molecule has 2 rings (SSSR count). The number of nitrogens with one attached hydrogen (secondary N) is 1. The predicted molar refractivity (Wildman–Crippen MR) is 99.4 cm³/mol. The first-order chi connectivity index (χ1) is 12.1. The number of hydrogen-bond donors (Lipinski definition) is 1. The molecule has 2 aromatic carbocycles. The molecule has 26 heavy (non-hydrogen) atoms. The number of hydrogen-bond acceptors (Lipinski definition) is 5. The number of sulfone groups is 1. The van der Waals surface area contributed by atoms with Crippen molar-refractivity contribution >= 4 is 39.0 Å². The highest BCUT2D eigenvalue weighted by molar-refractivity contribution is 7.90. The number of rotatable bonds is 5. The zero-order valence-corrected chi connectivity index (χ0v) is 16.1. The van der Waals surface area contributed by atoms with Crippen LogP contribution in [0.5, 0.6) is 0 Å². The Balaban J connectivity index is 2.04. The number of carbonyl (C=O) groups is 2. The van der Waals surface area contributed by atoms with Gasteiger partial charge in [-0.1, -0.05) is 17.7 Å². The molecule has 0 aromatic heterocycles. The molecule has 0 saturated heterocycles. The van der Waals surface area contributed by atoms with Gasteiger partial charge in [-0.05, 0) is 55.3 Å². The van der Waals surface area contributed by atoms with Gasteiger partial charge in [0.1, 0.15) is 0 Å². The second kappa shape index (κ2) is 7.88. The van der Waals surface area contributed by atoms with Crippen molar-refractivity contribution in [3.05, 3.63) is 58.1 Å². The van der Waals surface area contributed by atoms with E-state index in [1.165, 1.54) is 12.1 Å². The maximum atomic E-state index is 12.1. The van der Waals surface area contributed by atoms with Crippen LogP contribution in [0.15, 0.2) is 41.3 Å². The Morgan fingerprint density at radius 3 is 2.38 bits per heavy atom. The normalized spacial score (nSPS) is 11.1. The lowest BCUT2D eigenvalue weighted by Crippen LogP contribution is -2.21. The number of ether oxygens (including phenoxy) is 1. The smallest absolute Gasteiger partial charge is 0.340 e. The number of carbonyl (C=O) groups excluding carboxylic acids is 2. The predicted octanol–water partition coefficient (Wildman–Crippen LogP) is 3.16. The summed E-state index contributed by atoms with van der Waals surface area (Å²) in [4.78, 5) is 24.0. The summed E-state index contributed by atoms with van der Waals surface area (Å²) >= 11 is 5.92. The van der Waals surface area contributed by atoms with Gasteiger partial charge in [0.2, 0.25) is 0 Å². The lowest BCUT2D eigenvalue weighted by Gasteiger charge is -2.09. The van der Waals surface area contributed by atoms with E-state index in [1.807, 2.05) is 26.0 Å². The fourth-order valence-electron chi connectivity index (χ4n) is 2.12. The van der Waals surface area contributed by atoms with Crippen molar-refractivity contribution in [3.63, 3.8) is 0 Å². The minimum Gasteiger partial charge on any atom is -0.452 e. The third-order valence-corrected chi connectivity index (χ3v) is 5.15. The Morgan fingerprint density at radius 1 is 1.08 bits per heavy atom. The molecule has 138 valence electrons. The van der Waals surface area contributed by atoms with Gasteiger partial charge in [0, 0.05) is 11.9 Å². The number of benzene rings is 2. The molecule has 0 bridgehead atoms. The van der Waals surface area contributed by atoms with Crippen molar-refractivity contribution in [2.75, 3.05) is 18.2 Å². The van der Waals surface area contributed by atoms with Crippen molar-refractivity contribution in [3.8, 4) is 0 Å². The van der Waals surface area contributed by atoms with E-state index < -0.39 is 28.3 Å². The number of amides is 1. The Morgan fingerprint density at radius 2 is 1.77 bits per heavy atom. The second-order valence-electron chi connectivity index (χ2n) is 5.84. The molecule has 0 aliphatic rings. The lowest BCUT2D eigenvalue weighted by molar-refractivity contribution is -0.119. The van der Waals surface area contributed by atoms with Gasteiger partial charge in [-0.25, -0.2) is 13.2 Å². The maximum Gasteiger partial charge on any atom is 0.340 e. The van der Waals surface area contributed by atoms with E-state index >= 15 is 0 Å². The van der Waals surface area contributed by atoms with Crippen LogP contribution < -0.4 is 5.32 Å². The summed E-state index contributed by atoms with van der Waals surface area (Å²) in [7, 11) is -3.50. The molecule has 0 radical (unpaired) electrons. The molecule has 0 aliphatic heterocycles. The van der Waals surface area contributed by atoms with Gasteiger partial charge < -0.3 is 10.1 Å². The highest BCUT2D eigenvalue weighted by Gasteiger charge is 2.17. The van der Waals surface area contributed by atoms with Crippen LogP contribution >= 0.6 is 11.6 Å². The molecular weight excluding hydrogens is 378 g/mol.